The van der Waals surface area contributed by atoms with E-state index < -0.39 is 54.0 Å². The van der Waals surface area contributed by atoms with Crippen molar-refractivity contribution in [2.24, 2.45) is 0 Å². The molecule has 3 rings (SSSR count). The lowest BCUT2D eigenvalue weighted by Gasteiger charge is -2.01. The summed E-state index contributed by atoms with van der Waals surface area (Å²) in [6, 6.07) is 5.99. The largest absolute Gasteiger partial charge is 0.506 e. The quantitative estimate of drug-likeness (QED) is 0.543. The molecule has 27 heavy (non-hydrogen) atoms. The minimum absolute atomic E-state index is 0.208. The fourth-order valence-corrected chi connectivity index (χ4v) is 2.99. The third-order valence-electron chi connectivity index (χ3n) is 3.55. The SMILES string of the molecule is O=c1oc(=O)c2ccc(S(=O)(=O)O)c(c2O)c(=O)oc(=O)c2cccc1c2. The zero-order chi connectivity index (χ0) is 19.9. The smallest absolute Gasteiger partial charge is 0.351 e. The van der Waals surface area contributed by atoms with Gasteiger partial charge in [0.1, 0.15) is 21.4 Å². The molecule has 0 amide bonds. The van der Waals surface area contributed by atoms with Gasteiger partial charge in [0, 0.05) is 0 Å². The van der Waals surface area contributed by atoms with E-state index >= 15 is 0 Å². The van der Waals surface area contributed by atoms with Gasteiger partial charge in [-0.25, -0.2) is 19.2 Å². The molecule has 0 atom stereocenters. The number of hydrogen-bond acceptors (Lipinski definition) is 9. The Labute approximate surface area is 148 Å². The van der Waals surface area contributed by atoms with Crippen molar-refractivity contribution in [3.63, 3.8) is 0 Å². The summed E-state index contributed by atoms with van der Waals surface area (Å²) in [6.07, 6.45) is 0. The molecular formula is C16H8O10S. The van der Waals surface area contributed by atoms with Crippen LogP contribution in [0.4, 0.5) is 0 Å². The lowest BCUT2D eigenvalue weighted by Crippen LogP contribution is -2.13. The van der Waals surface area contributed by atoms with Crippen LogP contribution in [0.1, 0.15) is 0 Å². The Balaban J connectivity index is 2.80. The lowest BCUT2D eigenvalue weighted by atomic mass is 10.2. The van der Waals surface area contributed by atoms with Crippen LogP contribution >= 0.6 is 0 Å². The number of hydrogen-bond donors (Lipinski definition) is 2. The molecule has 10 nitrogen and oxygen atoms in total. The highest BCUT2D eigenvalue weighted by molar-refractivity contribution is 7.86. The number of fused-ring (bicyclic) bond motifs is 4. The Morgan fingerprint density at radius 2 is 1.33 bits per heavy atom. The Kier molecular flexibility index (Phi) is 4.25. The molecule has 0 unspecified atom stereocenters. The number of phenols is 1. The molecule has 0 radical (unpaired) electrons. The first-order valence-electron chi connectivity index (χ1n) is 7.06. The normalized spacial score (nSPS) is 11.4. The molecule has 0 saturated heterocycles. The molecule has 138 valence electrons. The molecule has 1 heterocycles. The standard InChI is InChI=1S/C16H8O10S/c17-12-9-4-5-10(27(22,23)24)11(12)16(21)26-14(19)8-3-1-2-7(6-8)13(18)25-15(9)20/h1-6,17H,(H,22,23,24). The van der Waals surface area contributed by atoms with Gasteiger partial charge in [0.05, 0.1) is 10.8 Å². The van der Waals surface area contributed by atoms with Crippen LogP contribution in [0.5, 0.6) is 5.75 Å². The zero-order valence-electron chi connectivity index (χ0n) is 13.0. The second-order valence-electron chi connectivity index (χ2n) is 5.24. The van der Waals surface area contributed by atoms with E-state index in [2.05, 4.69) is 8.83 Å². The van der Waals surface area contributed by atoms with Crippen molar-refractivity contribution < 1.29 is 26.9 Å². The van der Waals surface area contributed by atoms with Gasteiger partial charge in [-0.05, 0) is 30.3 Å². The van der Waals surface area contributed by atoms with Crippen molar-refractivity contribution in [1.29, 1.82) is 0 Å². The number of aromatic hydroxyl groups is 1. The second-order valence-corrected chi connectivity index (χ2v) is 6.63. The van der Waals surface area contributed by atoms with Gasteiger partial charge in [0.2, 0.25) is 0 Å². The van der Waals surface area contributed by atoms with Crippen LogP contribution in [0.15, 0.2) is 69.3 Å². The first-order valence-corrected chi connectivity index (χ1v) is 8.50. The first kappa shape index (κ1) is 18.2. The maximum atomic E-state index is 12.3. The van der Waals surface area contributed by atoms with E-state index in [1.54, 1.807) is 0 Å². The summed E-state index contributed by atoms with van der Waals surface area (Å²) >= 11 is 0. The van der Waals surface area contributed by atoms with Gasteiger partial charge in [-0.3, -0.25) is 4.55 Å². The maximum Gasteiger partial charge on any atom is 0.351 e. The van der Waals surface area contributed by atoms with E-state index in [0.717, 1.165) is 12.1 Å². The van der Waals surface area contributed by atoms with Crippen LogP contribution in [0.3, 0.4) is 0 Å². The van der Waals surface area contributed by atoms with Crippen LogP contribution in [0.25, 0.3) is 21.5 Å². The Bertz CT molecular complexity index is 1480. The molecule has 3 aromatic rings. The van der Waals surface area contributed by atoms with Gasteiger partial charge >= 0.3 is 22.5 Å². The van der Waals surface area contributed by atoms with E-state index in [9.17, 15) is 37.3 Å². The fourth-order valence-electron chi connectivity index (χ4n) is 2.31. The molecule has 0 aliphatic heterocycles. The molecule has 0 fully saturated rings. The molecule has 0 spiro atoms. The van der Waals surface area contributed by atoms with Crippen LogP contribution in [0, 0.1) is 0 Å². The third-order valence-corrected chi connectivity index (χ3v) is 4.44. The summed E-state index contributed by atoms with van der Waals surface area (Å²) in [5.74, 6) is -1.25. The predicted molar refractivity (Wildman–Crippen MR) is 91.4 cm³/mol. The van der Waals surface area contributed by atoms with E-state index in [0.29, 0.717) is 6.07 Å². The molecule has 2 aromatic carbocycles. The van der Waals surface area contributed by atoms with Crippen LogP contribution in [-0.4, -0.2) is 18.1 Å². The van der Waals surface area contributed by atoms with E-state index in [4.69, 9.17) is 0 Å². The number of phenolic OH excluding ortho intramolecular Hbond substituents is 1. The van der Waals surface area contributed by atoms with Gasteiger partial charge < -0.3 is 13.9 Å². The average molecular weight is 392 g/mol. The van der Waals surface area contributed by atoms with E-state index in [-0.39, 0.29) is 10.8 Å². The van der Waals surface area contributed by atoms with Crippen molar-refractivity contribution in [3.05, 3.63) is 78.1 Å². The highest BCUT2D eigenvalue weighted by Gasteiger charge is 2.21. The summed E-state index contributed by atoms with van der Waals surface area (Å²) in [5.41, 5.74) is -5.48. The Morgan fingerprint density at radius 3 is 1.89 bits per heavy atom. The van der Waals surface area contributed by atoms with Gasteiger partial charge in [0.15, 0.2) is 0 Å². The molecule has 4 bridgehead atoms. The molecule has 0 aliphatic carbocycles. The van der Waals surface area contributed by atoms with Crippen LogP contribution < -0.4 is 22.5 Å². The topological polar surface area (TPSA) is 169 Å². The fraction of sp³-hybridized carbons (Fsp3) is 0. The van der Waals surface area contributed by atoms with Crippen molar-refractivity contribution in [2.75, 3.05) is 0 Å². The van der Waals surface area contributed by atoms with E-state index in [1.807, 2.05) is 0 Å². The highest BCUT2D eigenvalue weighted by Crippen LogP contribution is 2.26. The molecule has 0 saturated carbocycles. The summed E-state index contributed by atoms with van der Waals surface area (Å²) in [6.45, 7) is 0. The minimum Gasteiger partial charge on any atom is -0.506 e. The van der Waals surface area contributed by atoms with Crippen molar-refractivity contribution in [1.82, 2.24) is 0 Å². The van der Waals surface area contributed by atoms with Crippen molar-refractivity contribution >= 4 is 31.7 Å². The molecular weight excluding hydrogens is 384 g/mol. The predicted octanol–water partition coefficient (Wildman–Crippen LogP) is 0.134. The minimum atomic E-state index is -5.04. The van der Waals surface area contributed by atoms with Gasteiger partial charge in [-0.15, -0.1) is 0 Å². The van der Waals surface area contributed by atoms with Crippen molar-refractivity contribution in [2.45, 2.75) is 4.90 Å². The summed E-state index contributed by atoms with van der Waals surface area (Å²) in [7, 11) is -5.04. The van der Waals surface area contributed by atoms with Crippen molar-refractivity contribution in [3.8, 4) is 5.75 Å². The Morgan fingerprint density at radius 1 is 0.778 bits per heavy atom. The van der Waals surface area contributed by atoms with Crippen LogP contribution in [-0.2, 0) is 10.1 Å². The monoisotopic (exact) mass is 392 g/mol. The zero-order valence-corrected chi connectivity index (χ0v) is 13.8. The van der Waals surface area contributed by atoms with Crippen LogP contribution in [0.2, 0.25) is 0 Å². The van der Waals surface area contributed by atoms with E-state index in [1.165, 1.54) is 18.2 Å². The highest BCUT2D eigenvalue weighted by atomic mass is 32.2. The maximum absolute atomic E-state index is 12.3. The Hall–Kier alpha value is -3.57. The summed E-state index contributed by atoms with van der Waals surface area (Å²) in [5, 5.41) is 7.74. The lowest BCUT2D eigenvalue weighted by molar-refractivity contribution is 0.457. The third kappa shape index (κ3) is 3.28. The molecule has 11 heteroatoms. The average Bonchev–Trinajstić information content (AvgIpc) is 2.59. The summed E-state index contributed by atoms with van der Waals surface area (Å²) in [4.78, 5) is 47.4. The van der Waals surface area contributed by atoms with Gasteiger partial charge in [-0.1, -0.05) is 6.07 Å². The van der Waals surface area contributed by atoms with Gasteiger partial charge in [0.25, 0.3) is 10.1 Å². The molecule has 1 aromatic heterocycles. The first-order chi connectivity index (χ1) is 12.6. The number of rotatable bonds is 1. The van der Waals surface area contributed by atoms with Gasteiger partial charge in [-0.2, -0.15) is 8.42 Å². The second kappa shape index (κ2) is 6.30. The summed E-state index contributed by atoms with van der Waals surface area (Å²) < 4.78 is 41.2. The molecule has 0 aliphatic rings. The number of benzene rings is 2. The molecule has 2 N–H and O–H groups in total.